The molecular weight excluding hydrogens is 276 g/mol. The quantitative estimate of drug-likeness (QED) is 0.637. The molecule has 1 aromatic carbocycles. The molecule has 1 unspecified atom stereocenters. The van der Waals surface area contributed by atoms with Crippen LogP contribution in [0.25, 0.3) is 0 Å². The number of aliphatic hydroxyl groups excluding tert-OH is 1. The zero-order valence-electron chi connectivity index (χ0n) is 11.1. The molecule has 1 N–H and O–H groups in total. The smallest absolute Gasteiger partial charge is 0.285 e. The van der Waals surface area contributed by atoms with Crippen LogP contribution in [0.1, 0.15) is 0 Å². The Morgan fingerprint density at radius 2 is 1.95 bits per heavy atom. The highest BCUT2D eigenvalue weighted by molar-refractivity contribution is 5.25. The summed E-state index contributed by atoms with van der Waals surface area (Å²) in [4.78, 5) is 21.7. The van der Waals surface area contributed by atoms with E-state index in [9.17, 15) is 20.0 Å². The summed E-state index contributed by atoms with van der Waals surface area (Å²) >= 11 is 0. The van der Waals surface area contributed by atoms with Crippen molar-refractivity contribution in [3.63, 3.8) is 0 Å². The van der Waals surface area contributed by atoms with Crippen LogP contribution in [0.5, 0.6) is 5.75 Å². The van der Waals surface area contributed by atoms with E-state index in [1.165, 1.54) is 0 Å². The van der Waals surface area contributed by atoms with Crippen molar-refractivity contribution < 1.29 is 14.8 Å². The largest absolute Gasteiger partial charge is 0.491 e. The summed E-state index contributed by atoms with van der Waals surface area (Å²) in [6.45, 7) is -0.0908. The van der Waals surface area contributed by atoms with E-state index < -0.39 is 16.6 Å². The minimum Gasteiger partial charge on any atom is -0.491 e. The van der Waals surface area contributed by atoms with Crippen LogP contribution in [-0.2, 0) is 6.54 Å². The summed E-state index contributed by atoms with van der Waals surface area (Å²) < 4.78 is 6.45. The molecule has 7 heteroatoms. The number of nitrogens with zero attached hydrogens (tertiary/aromatic N) is 2. The molecule has 2 aromatic rings. The first-order chi connectivity index (χ1) is 10.1. The van der Waals surface area contributed by atoms with Crippen LogP contribution in [0, 0.1) is 10.1 Å². The molecule has 21 heavy (non-hydrogen) atoms. The molecule has 0 amide bonds. The zero-order chi connectivity index (χ0) is 15.2. The van der Waals surface area contributed by atoms with Gasteiger partial charge in [-0.05, 0) is 12.1 Å². The highest BCUT2D eigenvalue weighted by Crippen LogP contribution is 2.10. The second-order valence-electron chi connectivity index (χ2n) is 4.41. The number of nitro groups is 1. The van der Waals surface area contributed by atoms with Gasteiger partial charge in [-0.25, -0.2) is 0 Å². The third-order valence-corrected chi connectivity index (χ3v) is 2.77. The Kier molecular flexibility index (Phi) is 4.68. The van der Waals surface area contributed by atoms with Crippen LogP contribution in [-0.4, -0.2) is 27.3 Å². The fraction of sp³-hybridized carbons (Fsp3) is 0.214. The average molecular weight is 290 g/mol. The number of aromatic nitrogens is 1. The Morgan fingerprint density at radius 3 is 2.62 bits per heavy atom. The van der Waals surface area contributed by atoms with Crippen LogP contribution < -0.4 is 10.3 Å². The lowest BCUT2D eigenvalue weighted by atomic mass is 10.3. The van der Waals surface area contributed by atoms with Crippen molar-refractivity contribution in [2.45, 2.75) is 12.6 Å². The molecule has 0 aliphatic heterocycles. The van der Waals surface area contributed by atoms with Crippen molar-refractivity contribution in [3.05, 3.63) is 69.1 Å². The summed E-state index contributed by atoms with van der Waals surface area (Å²) in [6.07, 6.45) is 0.151. The van der Waals surface area contributed by atoms with Crippen molar-refractivity contribution in [1.29, 1.82) is 0 Å². The Labute approximate surface area is 120 Å². The highest BCUT2D eigenvalue weighted by atomic mass is 16.6. The number of para-hydroxylation sites is 1. The average Bonchev–Trinajstić information content (AvgIpc) is 2.48. The van der Waals surface area contributed by atoms with Gasteiger partial charge in [0.25, 0.3) is 11.2 Å². The third-order valence-electron chi connectivity index (χ3n) is 2.77. The molecule has 0 aliphatic rings. The Morgan fingerprint density at radius 1 is 1.24 bits per heavy atom. The minimum absolute atomic E-state index is 0.0147. The van der Waals surface area contributed by atoms with Gasteiger partial charge in [0.05, 0.1) is 17.7 Å². The van der Waals surface area contributed by atoms with Crippen molar-refractivity contribution in [2.24, 2.45) is 0 Å². The van der Waals surface area contributed by atoms with Crippen LogP contribution in [0.4, 0.5) is 5.69 Å². The standard InChI is InChI=1S/C14H14N2O5/c17-12(10-21-13-4-2-1-3-5-13)9-15-8-11(16(19)20)6-7-14(15)18/h1-8,12,17H,9-10H2. The van der Waals surface area contributed by atoms with Gasteiger partial charge >= 0.3 is 0 Å². The Balaban J connectivity index is 1.99. The number of hydrogen-bond donors (Lipinski definition) is 1. The predicted octanol–water partition coefficient (Wildman–Crippen LogP) is 1.20. The zero-order valence-corrected chi connectivity index (χ0v) is 11.1. The summed E-state index contributed by atoms with van der Waals surface area (Å²) in [5.41, 5.74) is -0.620. The fourth-order valence-electron chi connectivity index (χ4n) is 1.76. The minimum atomic E-state index is -0.954. The predicted molar refractivity (Wildman–Crippen MR) is 75.3 cm³/mol. The highest BCUT2D eigenvalue weighted by Gasteiger charge is 2.12. The molecule has 0 spiro atoms. The number of rotatable bonds is 6. The summed E-state index contributed by atoms with van der Waals surface area (Å²) in [7, 11) is 0. The molecule has 7 nitrogen and oxygen atoms in total. The number of hydrogen-bond acceptors (Lipinski definition) is 5. The first kappa shape index (κ1) is 14.7. The Bertz CT molecular complexity index is 669. The van der Waals surface area contributed by atoms with E-state index in [0.717, 1.165) is 22.9 Å². The van der Waals surface area contributed by atoms with Crippen molar-refractivity contribution in [1.82, 2.24) is 4.57 Å². The molecule has 1 heterocycles. The molecular formula is C14H14N2O5. The number of benzene rings is 1. The van der Waals surface area contributed by atoms with E-state index in [-0.39, 0.29) is 18.8 Å². The van der Waals surface area contributed by atoms with Crippen LogP contribution >= 0.6 is 0 Å². The van der Waals surface area contributed by atoms with E-state index in [1.54, 1.807) is 24.3 Å². The van der Waals surface area contributed by atoms with Crippen molar-refractivity contribution in [3.8, 4) is 5.75 Å². The van der Waals surface area contributed by atoms with Crippen LogP contribution in [0.2, 0.25) is 0 Å². The van der Waals surface area contributed by atoms with Gasteiger partial charge in [-0.15, -0.1) is 0 Å². The summed E-state index contributed by atoms with van der Waals surface area (Å²) in [5, 5.41) is 20.5. The first-order valence-electron chi connectivity index (χ1n) is 6.27. The third kappa shape index (κ3) is 4.15. The second kappa shape index (κ2) is 6.67. The number of ether oxygens (including phenoxy) is 1. The van der Waals surface area contributed by atoms with Crippen LogP contribution in [0.3, 0.4) is 0 Å². The molecule has 0 saturated heterocycles. The van der Waals surface area contributed by atoms with E-state index in [4.69, 9.17) is 4.74 Å². The fourth-order valence-corrected chi connectivity index (χ4v) is 1.76. The van der Waals surface area contributed by atoms with Gasteiger partial charge in [-0.3, -0.25) is 14.9 Å². The molecule has 0 aliphatic carbocycles. The SMILES string of the molecule is O=c1ccc([N+](=O)[O-])cn1CC(O)COc1ccccc1. The lowest BCUT2D eigenvalue weighted by Gasteiger charge is -2.13. The number of aliphatic hydroxyl groups is 1. The van der Waals surface area contributed by atoms with Crippen LogP contribution in [0.15, 0.2) is 53.5 Å². The number of pyridine rings is 1. The Hall–Kier alpha value is -2.67. The van der Waals surface area contributed by atoms with Crippen molar-refractivity contribution >= 4 is 5.69 Å². The normalized spacial score (nSPS) is 11.9. The maximum atomic E-state index is 11.6. The second-order valence-corrected chi connectivity index (χ2v) is 4.41. The van der Waals surface area contributed by atoms with E-state index in [0.29, 0.717) is 5.75 Å². The molecule has 1 aromatic heterocycles. The lowest BCUT2D eigenvalue weighted by Crippen LogP contribution is -2.29. The van der Waals surface area contributed by atoms with Gasteiger partial charge in [0.1, 0.15) is 18.5 Å². The van der Waals surface area contributed by atoms with Gasteiger partial charge in [-0.2, -0.15) is 0 Å². The van der Waals surface area contributed by atoms with Gasteiger partial charge in [0.2, 0.25) is 0 Å². The molecule has 0 saturated carbocycles. The molecule has 0 fully saturated rings. The molecule has 0 bridgehead atoms. The molecule has 0 radical (unpaired) electrons. The maximum Gasteiger partial charge on any atom is 0.285 e. The summed E-state index contributed by atoms with van der Waals surface area (Å²) in [5.74, 6) is 0.600. The van der Waals surface area contributed by atoms with Gasteiger partial charge in [0, 0.05) is 12.1 Å². The van der Waals surface area contributed by atoms with Crippen molar-refractivity contribution in [2.75, 3.05) is 6.61 Å². The lowest BCUT2D eigenvalue weighted by molar-refractivity contribution is -0.385. The van der Waals surface area contributed by atoms with Gasteiger partial charge in [0.15, 0.2) is 0 Å². The van der Waals surface area contributed by atoms with Gasteiger partial charge in [-0.1, -0.05) is 18.2 Å². The topological polar surface area (TPSA) is 94.6 Å². The summed E-state index contributed by atoms with van der Waals surface area (Å²) in [6, 6.07) is 11.2. The van der Waals surface area contributed by atoms with E-state index in [2.05, 4.69) is 0 Å². The monoisotopic (exact) mass is 290 g/mol. The molecule has 1 atom stereocenters. The maximum absolute atomic E-state index is 11.6. The van der Waals surface area contributed by atoms with Gasteiger partial charge < -0.3 is 14.4 Å². The molecule has 110 valence electrons. The molecule has 2 rings (SSSR count). The van der Waals surface area contributed by atoms with E-state index >= 15 is 0 Å². The first-order valence-corrected chi connectivity index (χ1v) is 6.27. The van der Waals surface area contributed by atoms with E-state index in [1.807, 2.05) is 6.07 Å².